The standard InChI is InChI=1S/C13H17IO2/c1-10(2)11(14)9-13(12(15)16-3)7-5-4-6-8-13/h5-8H,4,9H2,1-3H3. The van der Waals surface area contributed by atoms with Gasteiger partial charge in [-0.25, -0.2) is 0 Å². The van der Waals surface area contributed by atoms with Crippen LogP contribution in [0.3, 0.4) is 0 Å². The fraction of sp³-hybridized carbons (Fsp3) is 0.462. The number of rotatable bonds is 3. The van der Waals surface area contributed by atoms with Crippen LogP contribution in [0, 0.1) is 5.41 Å². The van der Waals surface area contributed by atoms with Gasteiger partial charge in [0.05, 0.1) is 7.11 Å². The molecule has 0 atom stereocenters. The molecule has 88 valence electrons. The van der Waals surface area contributed by atoms with E-state index in [1.54, 1.807) is 0 Å². The normalized spacial score (nSPS) is 17.0. The minimum atomic E-state index is -0.596. The third-order valence-electron chi connectivity index (χ3n) is 2.66. The van der Waals surface area contributed by atoms with Crippen LogP contribution in [0.2, 0.25) is 0 Å². The van der Waals surface area contributed by atoms with E-state index in [4.69, 9.17) is 4.74 Å². The molecular weight excluding hydrogens is 315 g/mol. The molecule has 1 aliphatic carbocycles. The minimum absolute atomic E-state index is 0.185. The average molecular weight is 332 g/mol. The van der Waals surface area contributed by atoms with E-state index in [9.17, 15) is 4.79 Å². The molecule has 2 nitrogen and oxygen atoms in total. The van der Waals surface area contributed by atoms with Crippen molar-refractivity contribution in [3.05, 3.63) is 33.5 Å². The van der Waals surface area contributed by atoms with Crippen LogP contribution in [0.15, 0.2) is 33.5 Å². The monoisotopic (exact) mass is 332 g/mol. The van der Waals surface area contributed by atoms with Gasteiger partial charge in [0.25, 0.3) is 0 Å². The first-order valence-electron chi connectivity index (χ1n) is 5.27. The molecule has 0 aliphatic heterocycles. The van der Waals surface area contributed by atoms with Crippen LogP contribution in [0.5, 0.6) is 0 Å². The maximum Gasteiger partial charge on any atom is 0.319 e. The Morgan fingerprint density at radius 2 is 1.94 bits per heavy atom. The summed E-state index contributed by atoms with van der Waals surface area (Å²) >= 11 is 2.30. The lowest BCUT2D eigenvalue weighted by Crippen LogP contribution is -2.29. The van der Waals surface area contributed by atoms with Crippen LogP contribution in [-0.2, 0) is 9.53 Å². The number of allylic oxidation sites excluding steroid dienone is 4. The Morgan fingerprint density at radius 1 is 1.38 bits per heavy atom. The van der Waals surface area contributed by atoms with Crippen LogP contribution >= 0.6 is 22.6 Å². The molecule has 1 aliphatic rings. The van der Waals surface area contributed by atoms with Gasteiger partial charge < -0.3 is 4.74 Å². The Labute approximate surface area is 111 Å². The van der Waals surface area contributed by atoms with Gasteiger partial charge in [0, 0.05) is 6.42 Å². The second-order valence-electron chi connectivity index (χ2n) is 4.15. The molecule has 16 heavy (non-hydrogen) atoms. The first-order chi connectivity index (χ1) is 7.52. The van der Waals surface area contributed by atoms with Crippen molar-refractivity contribution in [2.75, 3.05) is 7.11 Å². The van der Waals surface area contributed by atoms with Gasteiger partial charge in [-0.3, -0.25) is 4.79 Å². The quantitative estimate of drug-likeness (QED) is 0.447. The Balaban J connectivity index is 3.02. The van der Waals surface area contributed by atoms with E-state index in [1.165, 1.54) is 16.3 Å². The summed E-state index contributed by atoms with van der Waals surface area (Å²) in [6.45, 7) is 4.12. The summed E-state index contributed by atoms with van der Waals surface area (Å²) in [5.74, 6) is -0.185. The molecule has 0 aromatic carbocycles. The Kier molecular flexibility index (Phi) is 4.77. The van der Waals surface area contributed by atoms with Crippen LogP contribution in [-0.4, -0.2) is 13.1 Å². The van der Waals surface area contributed by atoms with Crippen LogP contribution in [0.4, 0.5) is 0 Å². The predicted molar refractivity (Wildman–Crippen MR) is 74.4 cm³/mol. The number of esters is 1. The lowest BCUT2D eigenvalue weighted by atomic mass is 9.80. The minimum Gasteiger partial charge on any atom is -0.468 e. The second-order valence-corrected chi connectivity index (χ2v) is 5.46. The molecule has 0 fully saturated rings. The SMILES string of the molecule is COC(=O)C1(CC(I)=C(C)C)C=CCC=C1. The molecule has 0 amide bonds. The summed E-state index contributed by atoms with van der Waals surface area (Å²) in [4.78, 5) is 11.9. The predicted octanol–water partition coefficient (Wildman–Crippen LogP) is 3.78. The van der Waals surface area contributed by atoms with E-state index in [0.717, 1.165) is 6.42 Å². The van der Waals surface area contributed by atoms with E-state index in [0.29, 0.717) is 6.42 Å². The molecule has 0 heterocycles. The van der Waals surface area contributed by atoms with E-state index >= 15 is 0 Å². The fourth-order valence-corrected chi connectivity index (χ4v) is 2.27. The average Bonchev–Trinajstić information content (AvgIpc) is 2.29. The Morgan fingerprint density at radius 3 is 2.38 bits per heavy atom. The molecule has 0 N–H and O–H groups in total. The van der Waals surface area contributed by atoms with Gasteiger partial charge in [-0.05, 0) is 46.4 Å². The van der Waals surface area contributed by atoms with Crippen molar-refractivity contribution < 1.29 is 9.53 Å². The molecule has 0 saturated carbocycles. The van der Waals surface area contributed by atoms with Gasteiger partial charge in [0.2, 0.25) is 0 Å². The van der Waals surface area contributed by atoms with Crippen molar-refractivity contribution in [1.29, 1.82) is 0 Å². The third-order valence-corrected chi connectivity index (χ3v) is 4.12. The van der Waals surface area contributed by atoms with Crippen molar-refractivity contribution in [3.8, 4) is 0 Å². The van der Waals surface area contributed by atoms with Crippen LogP contribution in [0.1, 0.15) is 26.7 Å². The van der Waals surface area contributed by atoms with Crippen LogP contribution in [0.25, 0.3) is 0 Å². The largest absolute Gasteiger partial charge is 0.468 e. The highest BCUT2D eigenvalue weighted by Crippen LogP contribution is 2.37. The van der Waals surface area contributed by atoms with Crippen molar-refractivity contribution in [3.63, 3.8) is 0 Å². The van der Waals surface area contributed by atoms with Crippen molar-refractivity contribution >= 4 is 28.6 Å². The number of halogens is 1. The maximum absolute atomic E-state index is 11.9. The number of hydrogen-bond acceptors (Lipinski definition) is 2. The van der Waals surface area contributed by atoms with Crippen molar-refractivity contribution in [2.24, 2.45) is 5.41 Å². The highest BCUT2D eigenvalue weighted by Gasteiger charge is 2.35. The molecule has 1 rings (SSSR count). The zero-order chi connectivity index (χ0) is 12.2. The van der Waals surface area contributed by atoms with Gasteiger partial charge >= 0.3 is 5.97 Å². The highest BCUT2D eigenvalue weighted by atomic mass is 127. The molecule has 0 unspecified atom stereocenters. The van der Waals surface area contributed by atoms with Crippen molar-refractivity contribution in [2.45, 2.75) is 26.7 Å². The van der Waals surface area contributed by atoms with Gasteiger partial charge in [0.1, 0.15) is 5.41 Å². The van der Waals surface area contributed by atoms with Gasteiger partial charge in [-0.15, -0.1) is 0 Å². The van der Waals surface area contributed by atoms with Gasteiger partial charge in [0.15, 0.2) is 0 Å². The molecule has 0 bridgehead atoms. The van der Waals surface area contributed by atoms with E-state index in [-0.39, 0.29) is 5.97 Å². The molecule has 0 saturated heterocycles. The summed E-state index contributed by atoms with van der Waals surface area (Å²) in [5.41, 5.74) is 0.650. The van der Waals surface area contributed by atoms with Gasteiger partial charge in [-0.1, -0.05) is 29.9 Å². The Hall–Kier alpha value is -0.580. The van der Waals surface area contributed by atoms with E-state index in [2.05, 4.69) is 36.4 Å². The third kappa shape index (κ3) is 2.97. The second kappa shape index (κ2) is 5.66. The summed E-state index contributed by atoms with van der Waals surface area (Å²) < 4.78 is 6.11. The molecule has 0 aromatic rings. The first kappa shape index (κ1) is 13.5. The summed E-state index contributed by atoms with van der Waals surface area (Å²) in [6.07, 6.45) is 9.54. The molecule has 3 heteroatoms. The van der Waals surface area contributed by atoms with Crippen LogP contribution < -0.4 is 0 Å². The fourth-order valence-electron chi connectivity index (χ4n) is 1.64. The van der Waals surface area contributed by atoms with E-state index in [1.807, 2.05) is 24.3 Å². The lowest BCUT2D eigenvalue weighted by Gasteiger charge is -2.26. The van der Waals surface area contributed by atoms with Crippen molar-refractivity contribution in [1.82, 2.24) is 0 Å². The zero-order valence-corrected chi connectivity index (χ0v) is 12.1. The number of methoxy groups -OCH3 is 1. The smallest absolute Gasteiger partial charge is 0.319 e. The topological polar surface area (TPSA) is 26.3 Å². The number of carbonyl (C=O) groups excluding carboxylic acids is 1. The molecule has 0 aromatic heterocycles. The molecular formula is C13H17IO2. The summed E-state index contributed by atoms with van der Waals surface area (Å²) in [7, 11) is 1.44. The number of carbonyl (C=O) groups is 1. The number of hydrogen-bond donors (Lipinski definition) is 0. The van der Waals surface area contributed by atoms with Gasteiger partial charge in [-0.2, -0.15) is 0 Å². The summed E-state index contributed by atoms with van der Waals surface area (Å²) in [5, 5.41) is 0. The summed E-state index contributed by atoms with van der Waals surface area (Å²) in [6, 6.07) is 0. The highest BCUT2D eigenvalue weighted by molar-refractivity contribution is 14.1. The lowest BCUT2D eigenvalue weighted by molar-refractivity contribution is -0.147. The van der Waals surface area contributed by atoms with E-state index < -0.39 is 5.41 Å². The Bertz CT molecular complexity index is 348. The first-order valence-corrected chi connectivity index (χ1v) is 6.35. The number of ether oxygens (including phenoxy) is 1. The molecule has 0 radical (unpaired) electrons. The zero-order valence-electron chi connectivity index (χ0n) is 9.92. The molecule has 0 spiro atoms. The maximum atomic E-state index is 11.9.